The number of hydrogen-bond acceptors (Lipinski definition) is 4. The largest absolute Gasteiger partial charge is 0.396 e. The van der Waals surface area contributed by atoms with Crippen LogP contribution in [0, 0.1) is 5.41 Å². The molecular formula is C8H16O4. The Labute approximate surface area is 71.5 Å². The molecule has 1 aliphatic carbocycles. The fourth-order valence-corrected chi connectivity index (χ4v) is 1.55. The van der Waals surface area contributed by atoms with E-state index < -0.39 is 11.2 Å². The average Bonchev–Trinajstić information content (AvgIpc) is 2.06. The van der Waals surface area contributed by atoms with Gasteiger partial charge in [-0.25, -0.2) is 0 Å². The van der Waals surface area contributed by atoms with Crippen molar-refractivity contribution in [3.63, 3.8) is 0 Å². The minimum absolute atomic E-state index is 0.0837. The highest BCUT2D eigenvalue weighted by Crippen LogP contribution is 2.38. The molecule has 0 aromatic carbocycles. The number of rotatable bonds is 2. The van der Waals surface area contributed by atoms with Gasteiger partial charge in [-0.1, -0.05) is 0 Å². The van der Waals surface area contributed by atoms with E-state index >= 15 is 0 Å². The minimum atomic E-state index is -1.59. The molecule has 1 rings (SSSR count). The topological polar surface area (TPSA) is 80.9 Å². The molecule has 4 N–H and O–H groups in total. The fraction of sp³-hybridized carbons (Fsp3) is 1.00. The molecule has 0 aromatic rings. The molecule has 0 aromatic heterocycles. The van der Waals surface area contributed by atoms with Crippen molar-refractivity contribution in [1.82, 2.24) is 0 Å². The Balaban J connectivity index is 2.53. The van der Waals surface area contributed by atoms with Crippen LogP contribution < -0.4 is 0 Å². The quantitative estimate of drug-likeness (QED) is 0.416. The van der Waals surface area contributed by atoms with E-state index in [9.17, 15) is 10.2 Å². The van der Waals surface area contributed by atoms with Gasteiger partial charge in [0.25, 0.3) is 0 Å². The van der Waals surface area contributed by atoms with Crippen molar-refractivity contribution in [2.24, 2.45) is 5.41 Å². The van der Waals surface area contributed by atoms with Crippen LogP contribution in [0.2, 0.25) is 0 Å². The first-order chi connectivity index (χ1) is 5.54. The summed E-state index contributed by atoms with van der Waals surface area (Å²) in [7, 11) is 0. The number of aliphatic hydroxyl groups excluding tert-OH is 2. The van der Waals surface area contributed by atoms with Crippen LogP contribution in [-0.4, -0.2) is 39.4 Å². The van der Waals surface area contributed by atoms with E-state index in [-0.39, 0.29) is 26.1 Å². The first-order valence-electron chi connectivity index (χ1n) is 4.20. The van der Waals surface area contributed by atoms with Gasteiger partial charge < -0.3 is 20.4 Å². The lowest BCUT2D eigenvalue weighted by atomic mass is 9.73. The normalized spacial score (nSPS) is 27.0. The molecule has 4 nitrogen and oxygen atoms in total. The van der Waals surface area contributed by atoms with Crippen LogP contribution in [0.5, 0.6) is 0 Å². The fourth-order valence-electron chi connectivity index (χ4n) is 1.55. The Kier molecular flexibility index (Phi) is 2.73. The Bertz CT molecular complexity index is 139. The summed E-state index contributed by atoms with van der Waals surface area (Å²) in [6, 6.07) is 0. The molecule has 0 bridgehead atoms. The van der Waals surface area contributed by atoms with Gasteiger partial charge in [-0.15, -0.1) is 0 Å². The summed E-state index contributed by atoms with van der Waals surface area (Å²) in [4.78, 5) is 0. The van der Waals surface area contributed by atoms with Crippen LogP contribution in [-0.2, 0) is 0 Å². The van der Waals surface area contributed by atoms with Crippen LogP contribution in [0.15, 0.2) is 0 Å². The monoisotopic (exact) mass is 176 g/mol. The second-order valence-corrected chi connectivity index (χ2v) is 3.80. The Morgan fingerprint density at radius 3 is 1.58 bits per heavy atom. The standard InChI is InChI=1S/C8H16O4/c9-5-7(6-10)1-3-8(11,12)4-2-7/h9-12H,1-6H2. The third-order valence-corrected chi connectivity index (χ3v) is 2.78. The van der Waals surface area contributed by atoms with Crippen LogP contribution in [0.1, 0.15) is 25.7 Å². The van der Waals surface area contributed by atoms with Gasteiger partial charge in [0.1, 0.15) is 0 Å². The second-order valence-electron chi connectivity index (χ2n) is 3.80. The maximum atomic E-state index is 9.19. The highest BCUT2D eigenvalue weighted by atomic mass is 16.5. The summed E-state index contributed by atoms with van der Waals surface area (Å²) in [6.45, 7) is -0.167. The molecule has 0 amide bonds. The predicted molar refractivity (Wildman–Crippen MR) is 42.2 cm³/mol. The zero-order valence-corrected chi connectivity index (χ0v) is 7.03. The Morgan fingerprint density at radius 1 is 0.833 bits per heavy atom. The average molecular weight is 176 g/mol. The molecule has 0 aliphatic heterocycles. The van der Waals surface area contributed by atoms with E-state index in [1.54, 1.807) is 0 Å². The zero-order chi connectivity index (χ0) is 9.24. The van der Waals surface area contributed by atoms with Crippen molar-refractivity contribution < 1.29 is 20.4 Å². The highest BCUT2D eigenvalue weighted by Gasteiger charge is 2.39. The maximum Gasteiger partial charge on any atom is 0.162 e. The predicted octanol–water partition coefficient (Wildman–Crippen LogP) is -0.788. The summed E-state index contributed by atoms with van der Waals surface area (Å²) < 4.78 is 0. The molecule has 4 heteroatoms. The van der Waals surface area contributed by atoms with Gasteiger partial charge >= 0.3 is 0 Å². The van der Waals surface area contributed by atoms with Gasteiger partial charge in [0.2, 0.25) is 0 Å². The smallest absolute Gasteiger partial charge is 0.162 e. The van der Waals surface area contributed by atoms with Gasteiger partial charge in [-0.2, -0.15) is 0 Å². The minimum Gasteiger partial charge on any atom is -0.396 e. The van der Waals surface area contributed by atoms with Crippen LogP contribution in [0.25, 0.3) is 0 Å². The molecule has 0 spiro atoms. The highest BCUT2D eigenvalue weighted by molar-refractivity contribution is 4.87. The van der Waals surface area contributed by atoms with Crippen molar-refractivity contribution in [2.45, 2.75) is 31.5 Å². The molecule has 72 valence electrons. The van der Waals surface area contributed by atoms with E-state index in [2.05, 4.69) is 0 Å². The Hall–Kier alpha value is -0.160. The molecule has 0 unspecified atom stereocenters. The van der Waals surface area contributed by atoms with Gasteiger partial charge in [-0.3, -0.25) is 0 Å². The molecule has 12 heavy (non-hydrogen) atoms. The van der Waals surface area contributed by atoms with E-state index in [4.69, 9.17) is 10.2 Å². The van der Waals surface area contributed by atoms with Crippen molar-refractivity contribution in [1.29, 1.82) is 0 Å². The first-order valence-corrected chi connectivity index (χ1v) is 4.20. The van der Waals surface area contributed by atoms with Crippen molar-refractivity contribution in [3.8, 4) is 0 Å². The number of hydrogen-bond donors (Lipinski definition) is 4. The van der Waals surface area contributed by atoms with E-state index in [0.29, 0.717) is 12.8 Å². The molecular weight excluding hydrogens is 160 g/mol. The first kappa shape index (κ1) is 9.92. The van der Waals surface area contributed by atoms with Crippen LogP contribution in [0.3, 0.4) is 0 Å². The van der Waals surface area contributed by atoms with E-state index in [1.165, 1.54) is 0 Å². The van der Waals surface area contributed by atoms with Crippen molar-refractivity contribution >= 4 is 0 Å². The molecule has 0 radical (unpaired) electrons. The molecule has 1 aliphatic rings. The summed E-state index contributed by atoms with van der Waals surface area (Å²) in [5, 5.41) is 36.4. The molecule has 0 heterocycles. The molecule has 1 saturated carbocycles. The second kappa shape index (κ2) is 3.30. The van der Waals surface area contributed by atoms with Gasteiger partial charge in [-0.05, 0) is 12.8 Å². The lowest BCUT2D eigenvalue weighted by Gasteiger charge is -2.39. The summed E-state index contributed by atoms with van der Waals surface area (Å²) >= 11 is 0. The number of aliphatic hydroxyl groups is 4. The molecule has 0 saturated heterocycles. The van der Waals surface area contributed by atoms with Gasteiger partial charge in [0.15, 0.2) is 5.79 Å². The van der Waals surface area contributed by atoms with Crippen molar-refractivity contribution in [2.75, 3.05) is 13.2 Å². The lowest BCUT2D eigenvalue weighted by molar-refractivity contribution is -0.201. The van der Waals surface area contributed by atoms with Crippen LogP contribution in [0.4, 0.5) is 0 Å². The van der Waals surface area contributed by atoms with E-state index in [1.807, 2.05) is 0 Å². The third-order valence-electron chi connectivity index (χ3n) is 2.78. The summed E-state index contributed by atoms with van der Waals surface area (Å²) in [5.74, 6) is -1.59. The SMILES string of the molecule is OCC1(CO)CCC(O)(O)CC1. The lowest BCUT2D eigenvalue weighted by Crippen LogP contribution is -2.42. The molecule has 0 atom stereocenters. The van der Waals surface area contributed by atoms with Gasteiger partial charge in [0, 0.05) is 18.3 Å². The van der Waals surface area contributed by atoms with E-state index in [0.717, 1.165) is 0 Å². The summed E-state index contributed by atoms with van der Waals surface area (Å²) in [5.41, 5.74) is -0.491. The third kappa shape index (κ3) is 1.95. The van der Waals surface area contributed by atoms with Crippen LogP contribution >= 0.6 is 0 Å². The maximum absolute atomic E-state index is 9.19. The van der Waals surface area contributed by atoms with Gasteiger partial charge in [0.05, 0.1) is 13.2 Å². The summed E-state index contributed by atoms with van der Waals surface area (Å²) in [6.07, 6.45) is 1.39. The Morgan fingerprint density at radius 2 is 1.25 bits per heavy atom. The molecule has 1 fully saturated rings. The van der Waals surface area contributed by atoms with Crippen molar-refractivity contribution in [3.05, 3.63) is 0 Å². The zero-order valence-electron chi connectivity index (χ0n) is 7.03.